The topological polar surface area (TPSA) is 76.4 Å². The largest absolute Gasteiger partial charge is 0.464 e. The molecule has 130 valence electrons. The van der Waals surface area contributed by atoms with Crippen molar-refractivity contribution in [2.45, 2.75) is 45.6 Å². The molecule has 6 heteroatoms. The Bertz CT molecular complexity index is 880. The molecule has 0 aliphatic carbocycles. The third-order valence-electron chi connectivity index (χ3n) is 4.61. The lowest BCUT2D eigenvalue weighted by Gasteiger charge is -2.11. The lowest BCUT2D eigenvalue weighted by atomic mass is 9.95. The minimum Gasteiger partial charge on any atom is -0.464 e. The fourth-order valence-electron chi connectivity index (χ4n) is 3.36. The summed E-state index contributed by atoms with van der Waals surface area (Å²) in [6, 6.07) is 3.84. The number of carbonyl (C=O) groups is 1. The van der Waals surface area contributed by atoms with Crippen molar-refractivity contribution in [2.75, 3.05) is 11.5 Å². The van der Waals surface area contributed by atoms with Crippen LogP contribution in [-0.4, -0.2) is 31.9 Å². The van der Waals surface area contributed by atoms with E-state index in [4.69, 9.17) is 4.42 Å². The first-order valence-electron chi connectivity index (χ1n) is 8.25. The van der Waals surface area contributed by atoms with Gasteiger partial charge in [0.2, 0.25) is 5.91 Å². The zero-order chi connectivity index (χ0) is 17.5. The monoisotopic (exact) mass is 349 g/mol. The molecular formula is C18H23NO4S. The second-order valence-corrected chi connectivity index (χ2v) is 9.19. The summed E-state index contributed by atoms with van der Waals surface area (Å²) >= 11 is 0. The van der Waals surface area contributed by atoms with Crippen LogP contribution in [0.5, 0.6) is 0 Å². The summed E-state index contributed by atoms with van der Waals surface area (Å²) in [4.78, 5) is 12.3. The van der Waals surface area contributed by atoms with Crippen LogP contribution in [0.3, 0.4) is 0 Å². The van der Waals surface area contributed by atoms with E-state index in [1.54, 1.807) is 6.26 Å². The number of furan rings is 1. The van der Waals surface area contributed by atoms with E-state index in [9.17, 15) is 13.2 Å². The van der Waals surface area contributed by atoms with Crippen LogP contribution in [0.2, 0.25) is 0 Å². The molecular weight excluding hydrogens is 326 g/mol. The highest BCUT2D eigenvalue weighted by atomic mass is 32.2. The Hall–Kier alpha value is -1.82. The van der Waals surface area contributed by atoms with Gasteiger partial charge in [-0.05, 0) is 42.5 Å². The Morgan fingerprint density at radius 1 is 1.38 bits per heavy atom. The highest BCUT2D eigenvalue weighted by Gasteiger charge is 2.29. The first-order chi connectivity index (χ1) is 11.2. The maximum absolute atomic E-state index is 12.3. The van der Waals surface area contributed by atoms with Crippen molar-refractivity contribution >= 4 is 26.7 Å². The van der Waals surface area contributed by atoms with E-state index in [0.717, 1.165) is 16.5 Å². The van der Waals surface area contributed by atoms with Crippen molar-refractivity contribution in [2.24, 2.45) is 0 Å². The smallest absolute Gasteiger partial charge is 0.224 e. The van der Waals surface area contributed by atoms with Gasteiger partial charge in [0.15, 0.2) is 9.84 Å². The highest BCUT2D eigenvalue weighted by Crippen LogP contribution is 2.29. The van der Waals surface area contributed by atoms with Gasteiger partial charge in [-0.15, -0.1) is 0 Å². The predicted octanol–water partition coefficient (Wildman–Crippen LogP) is 2.71. The standard InChI is InChI=1S/C18H23NO4S/c1-11(2)15-8-16-13(9-23-17(16)6-12(15)3)7-18(20)19-14-4-5-24(21,22)10-14/h6,8-9,11,14H,4-5,7,10H2,1-3H3,(H,19,20)/t14-/m0/s1. The Labute approximate surface area is 142 Å². The fraction of sp³-hybridized carbons (Fsp3) is 0.500. The summed E-state index contributed by atoms with van der Waals surface area (Å²) in [5.74, 6) is 0.437. The van der Waals surface area contributed by atoms with Crippen molar-refractivity contribution in [1.82, 2.24) is 5.32 Å². The minimum absolute atomic E-state index is 0.0432. The van der Waals surface area contributed by atoms with Crippen LogP contribution in [0, 0.1) is 6.92 Å². The molecule has 0 radical (unpaired) electrons. The Morgan fingerprint density at radius 3 is 2.75 bits per heavy atom. The molecule has 0 bridgehead atoms. The molecule has 1 amide bonds. The molecule has 2 aromatic rings. The van der Waals surface area contributed by atoms with E-state index >= 15 is 0 Å². The van der Waals surface area contributed by atoms with Crippen LogP contribution in [0.4, 0.5) is 0 Å². The Morgan fingerprint density at radius 2 is 2.12 bits per heavy atom. The molecule has 1 aliphatic heterocycles. The van der Waals surface area contributed by atoms with Gasteiger partial charge in [0.25, 0.3) is 0 Å². The maximum atomic E-state index is 12.3. The van der Waals surface area contributed by atoms with Crippen molar-refractivity contribution in [3.05, 3.63) is 35.1 Å². The van der Waals surface area contributed by atoms with Gasteiger partial charge in [0.1, 0.15) is 5.58 Å². The van der Waals surface area contributed by atoms with Gasteiger partial charge in [-0.3, -0.25) is 4.79 Å². The number of amides is 1. The van der Waals surface area contributed by atoms with E-state index in [1.165, 1.54) is 11.1 Å². The summed E-state index contributed by atoms with van der Waals surface area (Å²) in [7, 11) is -2.99. The van der Waals surface area contributed by atoms with E-state index < -0.39 is 9.84 Å². The third-order valence-corrected chi connectivity index (χ3v) is 6.38. The first-order valence-corrected chi connectivity index (χ1v) is 10.1. The van der Waals surface area contributed by atoms with Crippen molar-refractivity contribution < 1.29 is 17.6 Å². The van der Waals surface area contributed by atoms with Crippen LogP contribution in [0.25, 0.3) is 11.0 Å². The van der Waals surface area contributed by atoms with Gasteiger partial charge in [0.05, 0.1) is 24.2 Å². The summed E-state index contributed by atoms with van der Waals surface area (Å²) < 4.78 is 28.6. The van der Waals surface area contributed by atoms with Gasteiger partial charge in [-0.2, -0.15) is 0 Å². The molecule has 3 rings (SSSR count). The summed E-state index contributed by atoms with van der Waals surface area (Å²) in [5.41, 5.74) is 4.04. The lowest BCUT2D eigenvalue weighted by Crippen LogP contribution is -2.36. The number of fused-ring (bicyclic) bond motifs is 1. The number of hydrogen-bond acceptors (Lipinski definition) is 4. The Kier molecular flexibility index (Phi) is 4.42. The van der Waals surface area contributed by atoms with Gasteiger partial charge < -0.3 is 9.73 Å². The molecule has 24 heavy (non-hydrogen) atoms. The van der Waals surface area contributed by atoms with Crippen LogP contribution in [0.15, 0.2) is 22.8 Å². The summed E-state index contributed by atoms with van der Waals surface area (Å²) in [6.45, 7) is 6.34. The normalized spacial score (nSPS) is 19.9. The number of nitrogens with one attached hydrogen (secondary N) is 1. The van der Waals surface area contributed by atoms with Crippen LogP contribution in [0.1, 0.15) is 42.9 Å². The maximum Gasteiger partial charge on any atom is 0.224 e. The van der Waals surface area contributed by atoms with E-state index in [0.29, 0.717) is 12.3 Å². The summed E-state index contributed by atoms with van der Waals surface area (Å²) in [5, 5.41) is 3.78. The number of rotatable bonds is 4. The van der Waals surface area contributed by atoms with Crippen LogP contribution in [-0.2, 0) is 21.1 Å². The lowest BCUT2D eigenvalue weighted by molar-refractivity contribution is -0.120. The second kappa shape index (κ2) is 6.24. The minimum atomic E-state index is -2.99. The molecule has 1 aromatic heterocycles. The number of benzene rings is 1. The summed E-state index contributed by atoms with van der Waals surface area (Å²) in [6.07, 6.45) is 2.32. The molecule has 0 saturated carbocycles. The Balaban J connectivity index is 1.77. The van der Waals surface area contributed by atoms with Gasteiger partial charge >= 0.3 is 0 Å². The van der Waals surface area contributed by atoms with Gasteiger partial charge in [-0.25, -0.2) is 8.42 Å². The van der Waals surface area contributed by atoms with E-state index in [1.807, 2.05) is 6.07 Å². The zero-order valence-corrected chi connectivity index (χ0v) is 15.1. The molecule has 1 N–H and O–H groups in total. The van der Waals surface area contributed by atoms with E-state index in [-0.39, 0.29) is 29.9 Å². The molecule has 1 aliphatic rings. The van der Waals surface area contributed by atoms with Gasteiger partial charge in [0, 0.05) is 17.0 Å². The molecule has 0 unspecified atom stereocenters. The number of carbonyl (C=O) groups excluding carboxylic acids is 1. The first kappa shape index (κ1) is 17.0. The third kappa shape index (κ3) is 3.48. The molecule has 1 fully saturated rings. The van der Waals surface area contributed by atoms with E-state index in [2.05, 4.69) is 32.2 Å². The average molecular weight is 349 g/mol. The molecule has 1 aromatic carbocycles. The fourth-order valence-corrected chi connectivity index (χ4v) is 5.04. The number of hydrogen-bond donors (Lipinski definition) is 1. The molecule has 2 heterocycles. The molecule has 1 atom stereocenters. The van der Waals surface area contributed by atoms with Gasteiger partial charge in [-0.1, -0.05) is 13.8 Å². The van der Waals surface area contributed by atoms with Crippen molar-refractivity contribution in [3.8, 4) is 0 Å². The number of sulfone groups is 1. The van der Waals surface area contributed by atoms with Crippen molar-refractivity contribution in [3.63, 3.8) is 0 Å². The SMILES string of the molecule is Cc1cc2occ(CC(=O)N[C@H]3CCS(=O)(=O)C3)c2cc1C(C)C. The molecule has 1 saturated heterocycles. The van der Waals surface area contributed by atoms with Crippen LogP contribution < -0.4 is 5.32 Å². The van der Waals surface area contributed by atoms with Crippen molar-refractivity contribution in [1.29, 1.82) is 0 Å². The predicted molar refractivity (Wildman–Crippen MR) is 93.9 cm³/mol. The average Bonchev–Trinajstić information content (AvgIpc) is 3.01. The number of aryl methyl sites for hydroxylation is 1. The highest BCUT2D eigenvalue weighted by molar-refractivity contribution is 7.91. The zero-order valence-electron chi connectivity index (χ0n) is 14.3. The molecule has 5 nitrogen and oxygen atoms in total. The van der Waals surface area contributed by atoms with Crippen LogP contribution >= 0.6 is 0 Å². The second-order valence-electron chi connectivity index (χ2n) is 6.96. The quantitative estimate of drug-likeness (QED) is 0.921. The molecule has 0 spiro atoms.